The van der Waals surface area contributed by atoms with Crippen LogP contribution in [0.2, 0.25) is 0 Å². The lowest BCUT2D eigenvalue weighted by molar-refractivity contribution is -0.122. The van der Waals surface area contributed by atoms with Crippen molar-refractivity contribution in [3.63, 3.8) is 0 Å². The molecule has 0 aromatic carbocycles. The molecule has 0 rings (SSSR count). The molecule has 0 spiro atoms. The van der Waals surface area contributed by atoms with E-state index in [1.807, 2.05) is 0 Å². The Morgan fingerprint density at radius 2 is 1.94 bits per heavy atom. The van der Waals surface area contributed by atoms with Crippen molar-refractivity contribution in [2.24, 2.45) is 5.73 Å². The molecular weight excluding hydrogens is 208 g/mol. The zero-order valence-corrected chi connectivity index (χ0v) is 9.43. The summed E-state index contributed by atoms with van der Waals surface area (Å²) in [5, 5.41) is 8.14. The van der Waals surface area contributed by atoms with Crippen molar-refractivity contribution in [2.75, 3.05) is 7.05 Å². The molecule has 5 nitrogen and oxygen atoms in total. The molecule has 0 aliphatic heterocycles. The number of carbonyl (C=O) groups excluding carboxylic acids is 1. The second kappa shape index (κ2) is 9.67. The molecule has 0 heterocycles. The predicted octanol–water partition coefficient (Wildman–Crippen LogP) is 1.38. The van der Waals surface area contributed by atoms with Crippen molar-refractivity contribution in [1.82, 2.24) is 4.90 Å². The second-order valence-corrected chi connectivity index (χ2v) is 2.81. The predicted molar refractivity (Wildman–Crippen MR) is 64.0 cm³/mol. The fraction of sp³-hybridized carbons (Fsp3) is 0.273. The normalized spacial score (nSPS) is 10.1. The van der Waals surface area contributed by atoms with E-state index in [1.165, 1.54) is 0 Å². The number of nitrogens with two attached hydrogens (primary N) is 1. The van der Waals surface area contributed by atoms with Crippen LogP contribution < -0.4 is 5.73 Å². The van der Waals surface area contributed by atoms with Gasteiger partial charge in [0, 0.05) is 13.1 Å². The van der Waals surface area contributed by atoms with Gasteiger partial charge in [0.15, 0.2) is 0 Å². The third-order valence-electron chi connectivity index (χ3n) is 1.53. The first kappa shape index (κ1) is 16.5. The third kappa shape index (κ3) is 8.71. The first-order chi connectivity index (χ1) is 7.40. The Morgan fingerprint density at radius 3 is 2.06 bits per heavy atom. The van der Waals surface area contributed by atoms with Crippen LogP contribution in [0.15, 0.2) is 38.0 Å². The molecule has 16 heavy (non-hydrogen) atoms. The van der Waals surface area contributed by atoms with Crippen LogP contribution in [0.1, 0.15) is 6.42 Å². The topological polar surface area (TPSA) is 83.6 Å². The van der Waals surface area contributed by atoms with Crippen LogP contribution in [-0.4, -0.2) is 35.1 Å². The van der Waals surface area contributed by atoms with Crippen LogP contribution in [0.3, 0.4) is 0 Å². The van der Waals surface area contributed by atoms with Crippen LogP contribution in [0.4, 0.5) is 4.79 Å². The van der Waals surface area contributed by atoms with E-state index in [0.29, 0.717) is 4.90 Å². The minimum absolute atomic E-state index is 0.0949. The molecule has 0 aromatic rings. The van der Waals surface area contributed by atoms with E-state index in [2.05, 4.69) is 19.7 Å². The van der Waals surface area contributed by atoms with Crippen LogP contribution in [0, 0.1) is 0 Å². The summed E-state index contributed by atoms with van der Waals surface area (Å²) in [6.45, 7) is 10.1. The zero-order valence-electron chi connectivity index (χ0n) is 9.43. The maximum absolute atomic E-state index is 10.4. The zero-order chi connectivity index (χ0) is 13.1. The number of carboxylic acid groups (broad SMARTS) is 1. The Hall–Kier alpha value is -1.88. The number of carbonyl (C=O) groups is 2. The second-order valence-electron chi connectivity index (χ2n) is 2.81. The number of likely N-dealkylation sites (N-methyl/N-ethyl adjacent to an activating group) is 1. The van der Waals surface area contributed by atoms with Gasteiger partial charge in [-0.1, -0.05) is 18.7 Å². The number of hydrogen-bond donors (Lipinski definition) is 2. The number of imide groups is 1. The number of nitrogens with zero attached hydrogens (tertiary/aromatic N) is 1. The molecule has 0 bridgehead atoms. The van der Waals surface area contributed by atoms with Gasteiger partial charge < -0.3 is 10.8 Å². The van der Waals surface area contributed by atoms with E-state index in [9.17, 15) is 9.59 Å². The first-order valence-electron chi connectivity index (χ1n) is 4.52. The van der Waals surface area contributed by atoms with Gasteiger partial charge in [-0.25, -0.2) is 9.69 Å². The SMILES string of the molecule is C=CC(=O)N(C)C(=O)O.C=CCC(N)C=C. The molecule has 5 heteroatoms. The summed E-state index contributed by atoms with van der Waals surface area (Å²) in [4.78, 5) is 20.9. The van der Waals surface area contributed by atoms with Gasteiger partial charge in [-0.3, -0.25) is 4.79 Å². The molecule has 3 N–H and O–H groups in total. The van der Waals surface area contributed by atoms with E-state index >= 15 is 0 Å². The molecule has 0 aliphatic rings. The van der Waals surface area contributed by atoms with Crippen molar-refractivity contribution in [3.8, 4) is 0 Å². The van der Waals surface area contributed by atoms with E-state index in [0.717, 1.165) is 19.5 Å². The van der Waals surface area contributed by atoms with Crippen molar-refractivity contribution in [2.45, 2.75) is 12.5 Å². The molecular formula is C11H18N2O3. The molecule has 1 unspecified atom stereocenters. The van der Waals surface area contributed by atoms with Crippen molar-refractivity contribution in [3.05, 3.63) is 38.0 Å². The summed E-state index contributed by atoms with van der Waals surface area (Å²) in [6, 6.07) is 0.0949. The van der Waals surface area contributed by atoms with Gasteiger partial charge in [0.2, 0.25) is 0 Å². The van der Waals surface area contributed by atoms with Crippen LogP contribution in [0.25, 0.3) is 0 Å². The minimum Gasteiger partial charge on any atom is -0.465 e. The fourth-order valence-electron chi connectivity index (χ4n) is 0.520. The van der Waals surface area contributed by atoms with Crippen LogP contribution in [-0.2, 0) is 4.79 Å². The maximum atomic E-state index is 10.4. The summed E-state index contributed by atoms with van der Waals surface area (Å²) in [7, 11) is 1.16. The molecule has 90 valence electrons. The minimum atomic E-state index is -1.28. The van der Waals surface area contributed by atoms with Crippen molar-refractivity contribution in [1.29, 1.82) is 0 Å². The molecule has 0 aromatic heterocycles. The Balaban J connectivity index is 0. The smallest absolute Gasteiger partial charge is 0.414 e. The average Bonchev–Trinajstić information content (AvgIpc) is 2.27. The first-order valence-corrected chi connectivity index (χ1v) is 4.52. The van der Waals surface area contributed by atoms with E-state index in [-0.39, 0.29) is 6.04 Å². The average molecular weight is 226 g/mol. The fourth-order valence-corrected chi connectivity index (χ4v) is 0.520. The van der Waals surface area contributed by atoms with Gasteiger partial charge in [-0.15, -0.1) is 13.2 Å². The Morgan fingerprint density at radius 1 is 1.44 bits per heavy atom. The van der Waals surface area contributed by atoms with Crippen molar-refractivity contribution >= 4 is 12.0 Å². The lowest BCUT2D eigenvalue weighted by Crippen LogP contribution is -2.29. The van der Waals surface area contributed by atoms with Gasteiger partial charge >= 0.3 is 6.09 Å². The van der Waals surface area contributed by atoms with Gasteiger partial charge in [0.1, 0.15) is 0 Å². The maximum Gasteiger partial charge on any atom is 0.414 e. The van der Waals surface area contributed by atoms with Gasteiger partial charge in [-0.05, 0) is 12.5 Å². The molecule has 2 amide bonds. The lowest BCUT2D eigenvalue weighted by Gasteiger charge is -2.05. The highest BCUT2D eigenvalue weighted by Gasteiger charge is 2.09. The summed E-state index contributed by atoms with van der Waals surface area (Å²) < 4.78 is 0. The standard InChI is InChI=1S/C6H11N.C5H7NO3/c1-3-5-6(7)4-2;1-3-4(7)6(2)5(8)9/h3-4,6H,1-2,5,7H2;3H,1H2,2H3,(H,8,9). The van der Waals surface area contributed by atoms with Gasteiger partial charge in [-0.2, -0.15) is 0 Å². The highest BCUT2D eigenvalue weighted by atomic mass is 16.4. The summed E-state index contributed by atoms with van der Waals surface area (Å²) in [6.07, 6.45) is 3.98. The highest BCUT2D eigenvalue weighted by molar-refractivity contribution is 5.97. The molecule has 0 saturated heterocycles. The number of rotatable bonds is 4. The molecule has 0 saturated carbocycles. The largest absolute Gasteiger partial charge is 0.465 e. The number of amides is 2. The summed E-state index contributed by atoms with van der Waals surface area (Å²) in [5.41, 5.74) is 5.39. The van der Waals surface area contributed by atoms with Crippen LogP contribution >= 0.6 is 0 Å². The summed E-state index contributed by atoms with van der Waals surface area (Å²) >= 11 is 0. The molecule has 1 atom stereocenters. The Labute approximate surface area is 95.5 Å². The van der Waals surface area contributed by atoms with Gasteiger partial charge in [0.05, 0.1) is 0 Å². The molecule has 0 aliphatic carbocycles. The number of hydrogen-bond acceptors (Lipinski definition) is 3. The van der Waals surface area contributed by atoms with E-state index in [4.69, 9.17) is 10.8 Å². The van der Waals surface area contributed by atoms with Crippen molar-refractivity contribution < 1.29 is 14.7 Å². The van der Waals surface area contributed by atoms with Gasteiger partial charge in [0.25, 0.3) is 5.91 Å². The van der Waals surface area contributed by atoms with E-state index < -0.39 is 12.0 Å². The highest BCUT2D eigenvalue weighted by Crippen LogP contribution is 1.86. The Kier molecular flexibility index (Phi) is 10.00. The molecule has 0 radical (unpaired) electrons. The van der Waals surface area contributed by atoms with E-state index in [1.54, 1.807) is 12.2 Å². The monoisotopic (exact) mass is 226 g/mol. The summed E-state index contributed by atoms with van der Waals surface area (Å²) in [5.74, 6) is -0.623. The van der Waals surface area contributed by atoms with Crippen LogP contribution in [0.5, 0.6) is 0 Å². The molecule has 0 fully saturated rings. The Bertz CT molecular complexity index is 274. The quantitative estimate of drug-likeness (QED) is 0.560. The third-order valence-corrected chi connectivity index (χ3v) is 1.53. The lowest BCUT2D eigenvalue weighted by atomic mass is 10.2.